The highest BCUT2D eigenvalue weighted by atomic mass is 35.5. The Labute approximate surface area is 158 Å². The summed E-state index contributed by atoms with van der Waals surface area (Å²) < 4.78 is 2.08. The van der Waals surface area contributed by atoms with Crippen LogP contribution in [-0.2, 0) is 0 Å². The molecule has 0 saturated heterocycles. The van der Waals surface area contributed by atoms with Crippen molar-refractivity contribution in [3.05, 3.63) is 87.7 Å². The molecule has 3 rings (SSSR count). The lowest BCUT2D eigenvalue weighted by Gasteiger charge is -2.11. The van der Waals surface area contributed by atoms with Crippen LogP contribution in [0.1, 0.15) is 32.9 Å². The predicted molar refractivity (Wildman–Crippen MR) is 106 cm³/mol. The zero-order chi connectivity index (χ0) is 18.7. The topological polar surface area (TPSA) is 46.4 Å². The molecule has 0 saturated carbocycles. The zero-order valence-corrected chi connectivity index (χ0v) is 15.7. The second-order valence-electron chi connectivity index (χ2n) is 6.13. The van der Waals surface area contributed by atoms with E-state index in [0.717, 1.165) is 28.2 Å². The minimum absolute atomic E-state index is 0.223. The van der Waals surface area contributed by atoms with Crippen molar-refractivity contribution in [2.24, 2.45) is 5.10 Å². The molecule has 1 N–H and O–H groups in total. The van der Waals surface area contributed by atoms with E-state index in [4.69, 9.17) is 11.6 Å². The molecule has 0 radical (unpaired) electrons. The first-order chi connectivity index (χ1) is 12.5. The van der Waals surface area contributed by atoms with Gasteiger partial charge in [0.05, 0.1) is 16.9 Å². The lowest BCUT2D eigenvalue weighted by atomic mass is 10.1. The minimum atomic E-state index is -0.223. The van der Waals surface area contributed by atoms with Crippen molar-refractivity contribution in [3.8, 4) is 5.69 Å². The van der Waals surface area contributed by atoms with Crippen LogP contribution in [0.3, 0.4) is 0 Å². The van der Waals surface area contributed by atoms with Crippen LogP contribution < -0.4 is 5.43 Å². The molecule has 0 atom stereocenters. The van der Waals surface area contributed by atoms with Gasteiger partial charge >= 0.3 is 0 Å². The summed E-state index contributed by atoms with van der Waals surface area (Å²) in [7, 11) is 0. The molecular weight excluding hydrogens is 346 g/mol. The Kier molecular flexibility index (Phi) is 5.24. The summed E-state index contributed by atoms with van der Waals surface area (Å²) in [5, 5.41) is 4.81. The van der Waals surface area contributed by atoms with Crippen molar-refractivity contribution in [3.63, 3.8) is 0 Å². The maximum absolute atomic E-state index is 12.2. The van der Waals surface area contributed by atoms with Crippen LogP contribution in [0.15, 0.2) is 59.7 Å². The molecule has 0 fully saturated rings. The fourth-order valence-corrected chi connectivity index (χ4v) is 3.19. The molecule has 3 aromatic rings. The third-order valence-corrected chi connectivity index (χ3v) is 4.64. The van der Waals surface area contributed by atoms with Gasteiger partial charge in [-0.25, -0.2) is 5.43 Å². The van der Waals surface area contributed by atoms with Crippen molar-refractivity contribution in [1.29, 1.82) is 0 Å². The first-order valence-corrected chi connectivity index (χ1v) is 8.69. The summed E-state index contributed by atoms with van der Waals surface area (Å²) in [5.74, 6) is -0.223. The molecule has 26 heavy (non-hydrogen) atoms. The quantitative estimate of drug-likeness (QED) is 0.523. The number of benzene rings is 2. The largest absolute Gasteiger partial charge is 0.316 e. The summed E-state index contributed by atoms with van der Waals surface area (Å²) >= 11 is 6.33. The number of nitrogens with zero attached hydrogens (tertiary/aromatic N) is 2. The van der Waals surface area contributed by atoms with Crippen LogP contribution in [0.5, 0.6) is 0 Å². The average molecular weight is 366 g/mol. The molecule has 5 heteroatoms. The van der Waals surface area contributed by atoms with E-state index in [1.165, 1.54) is 0 Å². The molecule has 1 heterocycles. The van der Waals surface area contributed by atoms with Gasteiger partial charge in [0.1, 0.15) is 0 Å². The molecule has 0 unspecified atom stereocenters. The number of aromatic nitrogens is 1. The summed E-state index contributed by atoms with van der Waals surface area (Å²) in [6.45, 7) is 5.91. The normalized spacial score (nSPS) is 11.1. The van der Waals surface area contributed by atoms with Gasteiger partial charge in [0.25, 0.3) is 5.91 Å². The molecular formula is C21H20ClN3O. The Morgan fingerprint density at radius 2 is 1.77 bits per heavy atom. The predicted octanol–water partition coefficient (Wildman–Crippen LogP) is 4.82. The fraction of sp³-hybridized carbons (Fsp3) is 0.143. The van der Waals surface area contributed by atoms with Crippen LogP contribution in [-0.4, -0.2) is 16.7 Å². The number of hydrogen-bond acceptors (Lipinski definition) is 2. The molecule has 0 spiro atoms. The molecule has 1 aromatic heterocycles. The Hall–Kier alpha value is -2.85. The van der Waals surface area contributed by atoms with Gasteiger partial charge in [-0.05, 0) is 50.6 Å². The van der Waals surface area contributed by atoms with Crippen molar-refractivity contribution < 1.29 is 4.79 Å². The maximum atomic E-state index is 12.2. The summed E-state index contributed by atoms with van der Waals surface area (Å²) in [5.41, 5.74) is 8.02. The van der Waals surface area contributed by atoms with E-state index in [1.54, 1.807) is 12.3 Å². The zero-order valence-electron chi connectivity index (χ0n) is 15.0. The van der Waals surface area contributed by atoms with Crippen molar-refractivity contribution in [2.75, 3.05) is 0 Å². The van der Waals surface area contributed by atoms with Gasteiger partial charge in [-0.2, -0.15) is 5.10 Å². The molecule has 0 aliphatic heterocycles. The third-order valence-electron chi connectivity index (χ3n) is 4.32. The third kappa shape index (κ3) is 3.55. The van der Waals surface area contributed by atoms with Crippen LogP contribution >= 0.6 is 11.6 Å². The fourth-order valence-electron chi connectivity index (χ4n) is 2.97. The van der Waals surface area contributed by atoms with Gasteiger partial charge in [0.15, 0.2) is 0 Å². The molecule has 0 aliphatic rings. The minimum Gasteiger partial charge on any atom is -0.316 e. The molecule has 4 nitrogen and oxygen atoms in total. The van der Waals surface area contributed by atoms with Crippen LogP contribution in [0.25, 0.3) is 5.69 Å². The number of amides is 1. The Bertz CT molecular complexity index is 989. The number of carbonyl (C=O) groups is 1. The summed E-state index contributed by atoms with van der Waals surface area (Å²) in [6.07, 6.45) is 1.66. The Balaban J connectivity index is 1.82. The SMILES string of the molecule is Cc1ccccc1C(=O)N/N=C/c1cc(C)n(-c2ccccc2Cl)c1C. The van der Waals surface area contributed by atoms with Crippen LogP contribution in [0, 0.1) is 20.8 Å². The lowest BCUT2D eigenvalue weighted by Crippen LogP contribution is -2.18. The molecule has 0 aliphatic carbocycles. The van der Waals surface area contributed by atoms with Gasteiger partial charge < -0.3 is 4.57 Å². The van der Waals surface area contributed by atoms with Gasteiger partial charge in [0, 0.05) is 22.5 Å². The van der Waals surface area contributed by atoms with E-state index in [-0.39, 0.29) is 5.91 Å². The van der Waals surface area contributed by atoms with E-state index in [2.05, 4.69) is 15.1 Å². The number of hydrazone groups is 1. The second-order valence-corrected chi connectivity index (χ2v) is 6.53. The summed E-state index contributed by atoms with van der Waals surface area (Å²) in [6, 6.07) is 17.1. The average Bonchev–Trinajstić information content (AvgIpc) is 2.90. The smallest absolute Gasteiger partial charge is 0.271 e. The first kappa shape index (κ1) is 18.0. The van der Waals surface area contributed by atoms with Gasteiger partial charge in [-0.1, -0.05) is 41.9 Å². The van der Waals surface area contributed by atoms with Gasteiger partial charge in [0.2, 0.25) is 0 Å². The monoisotopic (exact) mass is 365 g/mol. The number of carbonyl (C=O) groups excluding carboxylic acids is 1. The van der Waals surface area contributed by atoms with Gasteiger partial charge in [-0.3, -0.25) is 4.79 Å². The second kappa shape index (κ2) is 7.58. The molecule has 1 amide bonds. The Morgan fingerprint density at radius 1 is 1.08 bits per heavy atom. The van der Waals surface area contributed by atoms with E-state index >= 15 is 0 Å². The molecule has 132 valence electrons. The molecule has 0 bridgehead atoms. The van der Waals surface area contributed by atoms with Crippen LogP contribution in [0.4, 0.5) is 0 Å². The van der Waals surface area contributed by atoms with Gasteiger partial charge in [-0.15, -0.1) is 0 Å². The van der Waals surface area contributed by atoms with E-state index in [0.29, 0.717) is 10.6 Å². The number of rotatable bonds is 4. The highest BCUT2D eigenvalue weighted by Gasteiger charge is 2.12. The van der Waals surface area contributed by atoms with Crippen LogP contribution in [0.2, 0.25) is 5.02 Å². The van der Waals surface area contributed by atoms with Crippen molar-refractivity contribution >= 4 is 23.7 Å². The number of hydrogen-bond donors (Lipinski definition) is 1. The van der Waals surface area contributed by atoms with E-state index in [1.807, 2.05) is 69.3 Å². The van der Waals surface area contributed by atoms with Crippen molar-refractivity contribution in [2.45, 2.75) is 20.8 Å². The number of para-hydroxylation sites is 1. The summed E-state index contributed by atoms with van der Waals surface area (Å²) in [4.78, 5) is 12.2. The molecule has 2 aromatic carbocycles. The van der Waals surface area contributed by atoms with E-state index < -0.39 is 0 Å². The number of aryl methyl sites for hydroxylation is 2. The van der Waals surface area contributed by atoms with Crippen molar-refractivity contribution in [1.82, 2.24) is 9.99 Å². The number of nitrogens with one attached hydrogen (secondary N) is 1. The lowest BCUT2D eigenvalue weighted by molar-refractivity contribution is 0.0954. The maximum Gasteiger partial charge on any atom is 0.271 e. The number of halogens is 1. The standard InChI is InChI=1S/C21H20ClN3O/c1-14-8-4-5-9-18(14)21(26)24-23-13-17-12-15(2)25(16(17)3)20-11-7-6-10-19(20)22/h4-13H,1-3H3,(H,24,26)/b23-13+. The van der Waals surface area contributed by atoms with E-state index in [9.17, 15) is 4.79 Å². The highest BCUT2D eigenvalue weighted by molar-refractivity contribution is 6.32. The Morgan fingerprint density at radius 3 is 2.50 bits per heavy atom. The first-order valence-electron chi connectivity index (χ1n) is 8.32. The highest BCUT2D eigenvalue weighted by Crippen LogP contribution is 2.25.